The first-order valence-electron chi connectivity index (χ1n) is 5.45. The first-order chi connectivity index (χ1) is 8.09. The number of nitrogens with two attached hydrogens (primary N) is 1. The van der Waals surface area contributed by atoms with Crippen LogP contribution in [0.1, 0.15) is 29.9 Å². The van der Waals surface area contributed by atoms with Crippen molar-refractivity contribution < 1.29 is 4.79 Å². The molecule has 2 nitrogen and oxygen atoms in total. The van der Waals surface area contributed by atoms with Gasteiger partial charge in [0.2, 0.25) is 5.91 Å². The van der Waals surface area contributed by atoms with E-state index in [1.165, 1.54) is 0 Å². The zero-order valence-electron chi connectivity index (χ0n) is 8.97. The van der Waals surface area contributed by atoms with Crippen LogP contribution in [0.15, 0.2) is 28.3 Å². The van der Waals surface area contributed by atoms with Crippen molar-refractivity contribution >= 4 is 29.1 Å². The van der Waals surface area contributed by atoms with Gasteiger partial charge in [-0.05, 0) is 35.6 Å². The van der Waals surface area contributed by atoms with E-state index in [4.69, 9.17) is 28.9 Å². The topological polar surface area (TPSA) is 43.1 Å². The Hall–Kier alpha value is -0.990. The summed E-state index contributed by atoms with van der Waals surface area (Å²) in [5.74, 6) is -0.268. The minimum atomic E-state index is -0.795. The van der Waals surface area contributed by atoms with Gasteiger partial charge >= 0.3 is 0 Å². The molecule has 0 aliphatic heterocycles. The van der Waals surface area contributed by atoms with Gasteiger partial charge in [0.15, 0.2) is 0 Å². The minimum absolute atomic E-state index is 0.101. The van der Waals surface area contributed by atoms with E-state index >= 15 is 0 Å². The molecule has 1 aromatic rings. The largest absolute Gasteiger partial charge is 0.369 e. The van der Waals surface area contributed by atoms with Gasteiger partial charge in [-0.2, -0.15) is 0 Å². The first-order valence-corrected chi connectivity index (χ1v) is 6.21. The molecule has 1 amide bonds. The zero-order valence-corrected chi connectivity index (χ0v) is 10.5. The third kappa shape index (κ3) is 1.20. The average Bonchev–Trinajstić information content (AvgIpc) is 2.82. The lowest BCUT2D eigenvalue weighted by Crippen LogP contribution is -2.39. The highest BCUT2D eigenvalue weighted by molar-refractivity contribution is 6.56. The van der Waals surface area contributed by atoms with Crippen LogP contribution in [-0.2, 0) is 10.2 Å². The number of carbonyl (C=O) groups excluding carboxylic acids is 1. The van der Waals surface area contributed by atoms with Crippen LogP contribution in [0.3, 0.4) is 0 Å². The summed E-state index contributed by atoms with van der Waals surface area (Å²) < 4.78 is 0.177. The standard InChI is InChI=1S/C13H10Cl2NO/c14-11(15)10-8-5-6-13(10,12(16)17)9-4-2-1-3-7(8)9/h1-2,4,8H,5-6H2,(H2,16,17)/t8-,13+/m1/s1. The lowest BCUT2D eigenvalue weighted by atomic mass is 9.77. The molecular formula is C13H10Cl2NO. The highest BCUT2D eigenvalue weighted by Gasteiger charge is 2.57. The van der Waals surface area contributed by atoms with Crippen molar-refractivity contribution in [2.75, 3.05) is 0 Å². The molecule has 0 aromatic heterocycles. The molecule has 1 aromatic carbocycles. The molecule has 87 valence electrons. The van der Waals surface area contributed by atoms with Crippen LogP contribution >= 0.6 is 23.2 Å². The molecule has 0 unspecified atom stereocenters. The molecule has 2 aliphatic rings. The van der Waals surface area contributed by atoms with Gasteiger partial charge in [-0.3, -0.25) is 4.79 Å². The van der Waals surface area contributed by atoms with E-state index in [1.54, 1.807) is 0 Å². The summed E-state index contributed by atoms with van der Waals surface area (Å²) in [6, 6.07) is 8.81. The Bertz CT molecular complexity index is 548. The molecular weight excluding hydrogens is 257 g/mol. The first kappa shape index (κ1) is 11.1. The number of hydrogen-bond acceptors (Lipinski definition) is 1. The van der Waals surface area contributed by atoms with Gasteiger partial charge in [-0.25, -0.2) is 0 Å². The van der Waals surface area contributed by atoms with Gasteiger partial charge in [0.1, 0.15) is 4.49 Å². The molecule has 1 fully saturated rings. The van der Waals surface area contributed by atoms with Crippen LogP contribution in [0.5, 0.6) is 0 Å². The molecule has 4 heteroatoms. The second-order valence-electron chi connectivity index (χ2n) is 4.53. The van der Waals surface area contributed by atoms with E-state index < -0.39 is 5.41 Å². The molecule has 2 atom stereocenters. The van der Waals surface area contributed by atoms with Gasteiger partial charge < -0.3 is 5.73 Å². The fourth-order valence-corrected chi connectivity index (χ4v) is 3.88. The Morgan fingerprint density at radius 2 is 2.29 bits per heavy atom. The molecule has 1 radical (unpaired) electrons. The summed E-state index contributed by atoms with van der Waals surface area (Å²) in [5.41, 5.74) is 7.53. The summed E-state index contributed by atoms with van der Waals surface area (Å²) in [5, 5.41) is 0. The molecule has 0 spiro atoms. The zero-order chi connectivity index (χ0) is 12.2. The van der Waals surface area contributed by atoms with Gasteiger partial charge in [-0.1, -0.05) is 41.4 Å². The molecule has 3 rings (SSSR count). The van der Waals surface area contributed by atoms with E-state index in [1.807, 2.05) is 18.2 Å². The predicted octanol–water partition coefficient (Wildman–Crippen LogP) is 2.79. The van der Waals surface area contributed by atoms with E-state index in [0.717, 1.165) is 23.1 Å². The van der Waals surface area contributed by atoms with Crippen molar-refractivity contribution in [2.24, 2.45) is 5.73 Å². The van der Waals surface area contributed by atoms with Crippen LogP contribution in [0, 0.1) is 6.07 Å². The van der Waals surface area contributed by atoms with Crippen molar-refractivity contribution in [3.05, 3.63) is 45.5 Å². The molecule has 0 saturated heterocycles. The smallest absolute Gasteiger partial charge is 0.232 e. The van der Waals surface area contributed by atoms with Gasteiger partial charge in [0, 0.05) is 5.92 Å². The van der Waals surface area contributed by atoms with Crippen LogP contribution in [0.4, 0.5) is 0 Å². The van der Waals surface area contributed by atoms with Crippen molar-refractivity contribution in [3.63, 3.8) is 0 Å². The highest BCUT2D eigenvalue weighted by Crippen LogP contribution is 2.62. The maximum absolute atomic E-state index is 11.9. The van der Waals surface area contributed by atoms with Crippen LogP contribution in [0.25, 0.3) is 0 Å². The maximum atomic E-state index is 11.9. The fraction of sp³-hybridized carbons (Fsp3) is 0.308. The molecule has 1 saturated carbocycles. The number of rotatable bonds is 1. The Morgan fingerprint density at radius 3 is 2.94 bits per heavy atom. The number of carbonyl (C=O) groups is 1. The molecule has 2 aliphatic carbocycles. The van der Waals surface area contributed by atoms with Crippen LogP contribution < -0.4 is 5.73 Å². The second-order valence-corrected chi connectivity index (χ2v) is 5.48. The Morgan fingerprint density at radius 1 is 1.53 bits per heavy atom. The SMILES string of the molecule is NC(=O)[C@]12CC[C@@H](C1=C(Cl)Cl)c1[c]cccc12. The molecule has 2 bridgehead atoms. The average molecular weight is 267 g/mol. The van der Waals surface area contributed by atoms with Gasteiger partial charge in [0.05, 0.1) is 5.41 Å². The number of fused-ring (bicyclic) bond motifs is 5. The third-order valence-electron chi connectivity index (χ3n) is 3.94. The van der Waals surface area contributed by atoms with E-state index in [2.05, 4.69) is 6.07 Å². The summed E-state index contributed by atoms with van der Waals surface area (Å²) in [7, 11) is 0. The molecule has 0 heterocycles. The number of amides is 1. The normalized spacial score (nSPS) is 29.3. The second kappa shape index (κ2) is 3.50. The van der Waals surface area contributed by atoms with Crippen molar-refractivity contribution in [2.45, 2.75) is 24.2 Å². The van der Waals surface area contributed by atoms with Crippen molar-refractivity contribution in [3.8, 4) is 0 Å². The monoisotopic (exact) mass is 266 g/mol. The van der Waals surface area contributed by atoms with E-state index in [9.17, 15) is 4.79 Å². The fourth-order valence-electron chi connectivity index (χ4n) is 3.30. The van der Waals surface area contributed by atoms with Crippen LogP contribution in [0.2, 0.25) is 0 Å². The predicted molar refractivity (Wildman–Crippen MR) is 66.9 cm³/mol. The molecule has 17 heavy (non-hydrogen) atoms. The summed E-state index contributed by atoms with van der Waals surface area (Å²) >= 11 is 11.9. The number of halogens is 2. The van der Waals surface area contributed by atoms with Crippen molar-refractivity contribution in [1.82, 2.24) is 0 Å². The molecule has 2 N–H and O–H groups in total. The maximum Gasteiger partial charge on any atom is 0.232 e. The quantitative estimate of drug-likeness (QED) is 0.835. The van der Waals surface area contributed by atoms with Crippen LogP contribution in [-0.4, -0.2) is 5.91 Å². The number of hydrogen-bond donors (Lipinski definition) is 1. The van der Waals surface area contributed by atoms with Crippen molar-refractivity contribution in [1.29, 1.82) is 0 Å². The summed E-state index contributed by atoms with van der Waals surface area (Å²) in [6.45, 7) is 0. The number of primary amides is 1. The Balaban J connectivity index is 2.36. The summed E-state index contributed by atoms with van der Waals surface area (Å²) in [6.07, 6.45) is 1.55. The highest BCUT2D eigenvalue weighted by atomic mass is 35.5. The Kier molecular flexibility index (Phi) is 2.29. The van der Waals surface area contributed by atoms with Gasteiger partial charge in [0.25, 0.3) is 0 Å². The number of benzene rings is 1. The third-order valence-corrected chi connectivity index (χ3v) is 4.34. The van der Waals surface area contributed by atoms with E-state index in [0.29, 0.717) is 6.42 Å². The summed E-state index contributed by atoms with van der Waals surface area (Å²) in [4.78, 5) is 11.9. The Labute approximate surface area is 109 Å². The lowest BCUT2D eigenvalue weighted by molar-refractivity contribution is -0.122. The van der Waals surface area contributed by atoms with E-state index in [-0.39, 0.29) is 16.3 Å². The minimum Gasteiger partial charge on any atom is -0.369 e. The lowest BCUT2D eigenvalue weighted by Gasteiger charge is -2.25. The van der Waals surface area contributed by atoms with Gasteiger partial charge in [-0.15, -0.1) is 0 Å².